The molecule has 0 fully saturated rings. The van der Waals surface area contributed by atoms with Crippen LogP contribution in [0, 0.1) is 0 Å². The molecule has 2 N–H and O–H groups in total. The third-order valence-corrected chi connectivity index (χ3v) is 2.12. The first-order valence-corrected chi connectivity index (χ1v) is 5.28. The summed E-state index contributed by atoms with van der Waals surface area (Å²) in [6, 6.07) is 6.47. The summed E-state index contributed by atoms with van der Waals surface area (Å²) >= 11 is 0. The third-order valence-electron chi connectivity index (χ3n) is 2.12. The van der Waals surface area contributed by atoms with Crippen molar-refractivity contribution in [2.24, 2.45) is 0 Å². The summed E-state index contributed by atoms with van der Waals surface area (Å²) in [4.78, 5) is 22.6. The second-order valence-electron chi connectivity index (χ2n) is 3.51. The second-order valence-corrected chi connectivity index (χ2v) is 3.51. The normalized spacial score (nSPS) is 9.76. The van der Waals surface area contributed by atoms with E-state index in [0.717, 1.165) is 0 Å². The molecule has 92 valence electrons. The van der Waals surface area contributed by atoms with Gasteiger partial charge in [0.2, 0.25) is 0 Å². The quantitative estimate of drug-likeness (QED) is 0.603. The van der Waals surface area contributed by atoms with Crippen molar-refractivity contribution in [2.45, 2.75) is 6.92 Å². The Balaban J connectivity index is 2.53. The Morgan fingerprint density at radius 2 is 2.12 bits per heavy atom. The molecule has 0 aromatic heterocycles. The van der Waals surface area contributed by atoms with Crippen LogP contribution in [0.3, 0.4) is 0 Å². The fraction of sp³-hybridized carbons (Fsp3) is 0.333. The zero-order valence-electron chi connectivity index (χ0n) is 9.95. The number of ketones is 1. The number of carbonyl (C=O) groups excluding carboxylic acids is 2. The molecule has 0 radical (unpaired) electrons. The summed E-state index contributed by atoms with van der Waals surface area (Å²) in [5, 5.41) is 5.26. The molecule has 17 heavy (non-hydrogen) atoms. The number of anilines is 1. The first-order chi connectivity index (χ1) is 8.13. The van der Waals surface area contributed by atoms with Crippen LogP contribution >= 0.6 is 0 Å². The van der Waals surface area contributed by atoms with Gasteiger partial charge in [0.1, 0.15) is 0 Å². The number of nitrogens with one attached hydrogen (secondary N) is 2. The molecule has 0 unspecified atom stereocenters. The van der Waals surface area contributed by atoms with E-state index < -0.39 is 0 Å². The van der Waals surface area contributed by atoms with Gasteiger partial charge >= 0.3 is 6.03 Å². The lowest BCUT2D eigenvalue weighted by Crippen LogP contribution is -2.31. The smallest absolute Gasteiger partial charge is 0.319 e. The average molecular weight is 236 g/mol. The first kappa shape index (κ1) is 13.2. The molecule has 0 spiro atoms. The fourth-order valence-electron chi connectivity index (χ4n) is 1.26. The van der Waals surface area contributed by atoms with Gasteiger partial charge in [0.25, 0.3) is 0 Å². The van der Waals surface area contributed by atoms with Gasteiger partial charge in [0.15, 0.2) is 5.78 Å². The van der Waals surface area contributed by atoms with Gasteiger partial charge in [-0.1, -0.05) is 12.1 Å². The van der Waals surface area contributed by atoms with E-state index in [2.05, 4.69) is 10.6 Å². The van der Waals surface area contributed by atoms with Gasteiger partial charge in [-0.2, -0.15) is 0 Å². The van der Waals surface area contributed by atoms with Gasteiger partial charge in [-0.25, -0.2) is 4.79 Å². The molecule has 1 aromatic rings. The molecule has 1 rings (SSSR count). The number of benzene rings is 1. The van der Waals surface area contributed by atoms with Gasteiger partial charge in [-0.05, 0) is 19.1 Å². The Kier molecular flexibility index (Phi) is 5.16. The molecule has 0 saturated carbocycles. The second kappa shape index (κ2) is 6.65. The Bertz CT molecular complexity index is 404. The highest BCUT2D eigenvalue weighted by atomic mass is 16.5. The number of amides is 2. The molecule has 2 amide bonds. The highest BCUT2D eigenvalue weighted by Gasteiger charge is 2.03. The van der Waals surface area contributed by atoms with E-state index in [-0.39, 0.29) is 11.8 Å². The van der Waals surface area contributed by atoms with E-state index in [1.54, 1.807) is 31.4 Å². The molecule has 0 aliphatic heterocycles. The van der Waals surface area contributed by atoms with E-state index in [1.165, 1.54) is 6.92 Å². The van der Waals surface area contributed by atoms with Crippen molar-refractivity contribution in [1.29, 1.82) is 0 Å². The van der Waals surface area contributed by atoms with Crippen LogP contribution in [0.5, 0.6) is 0 Å². The summed E-state index contributed by atoms with van der Waals surface area (Å²) < 4.78 is 4.81. The van der Waals surface area contributed by atoms with Crippen molar-refractivity contribution in [3.63, 3.8) is 0 Å². The van der Waals surface area contributed by atoms with Crippen LogP contribution in [0.25, 0.3) is 0 Å². The van der Waals surface area contributed by atoms with Crippen molar-refractivity contribution in [3.05, 3.63) is 29.8 Å². The summed E-state index contributed by atoms with van der Waals surface area (Å²) in [7, 11) is 1.57. The van der Waals surface area contributed by atoms with Crippen LogP contribution in [0.4, 0.5) is 10.5 Å². The number of Topliss-reactive ketones (excluding diaryl/α,β-unsaturated/α-hetero) is 1. The zero-order valence-corrected chi connectivity index (χ0v) is 9.95. The molecular weight excluding hydrogens is 220 g/mol. The van der Waals surface area contributed by atoms with Crippen LogP contribution in [-0.4, -0.2) is 32.1 Å². The number of hydrogen-bond acceptors (Lipinski definition) is 3. The number of ether oxygens (including phenoxy) is 1. The summed E-state index contributed by atoms with van der Waals surface area (Å²) in [5.41, 5.74) is 1.16. The number of methoxy groups -OCH3 is 1. The maximum absolute atomic E-state index is 11.4. The predicted molar refractivity (Wildman–Crippen MR) is 65.3 cm³/mol. The lowest BCUT2D eigenvalue weighted by Gasteiger charge is -2.07. The Morgan fingerprint density at radius 1 is 1.35 bits per heavy atom. The van der Waals surface area contributed by atoms with Crippen molar-refractivity contribution >= 4 is 17.5 Å². The van der Waals surface area contributed by atoms with E-state index in [0.29, 0.717) is 24.4 Å². The largest absolute Gasteiger partial charge is 0.383 e. The maximum Gasteiger partial charge on any atom is 0.319 e. The van der Waals surface area contributed by atoms with E-state index in [1.807, 2.05) is 0 Å². The zero-order chi connectivity index (χ0) is 12.7. The highest BCUT2D eigenvalue weighted by Crippen LogP contribution is 2.10. The molecule has 5 heteroatoms. The SMILES string of the molecule is COCCNC(=O)Nc1cccc(C(C)=O)c1. The molecule has 0 atom stereocenters. The lowest BCUT2D eigenvalue weighted by molar-refractivity contribution is 0.101. The maximum atomic E-state index is 11.4. The molecule has 0 heterocycles. The Morgan fingerprint density at radius 3 is 2.76 bits per heavy atom. The minimum atomic E-state index is -0.317. The van der Waals surface area contributed by atoms with Gasteiger partial charge in [-0.15, -0.1) is 0 Å². The van der Waals surface area contributed by atoms with Crippen LogP contribution in [-0.2, 0) is 4.74 Å². The van der Waals surface area contributed by atoms with Crippen LogP contribution < -0.4 is 10.6 Å². The highest BCUT2D eigenvalue weighted by molar-refractivity contribution is 5.96. The predicted octanol–water partition coefficient (Wildman–Crippen LogP) is 1.66. The minimum absolute atomic E-state index is 0.0339. The van der Waals surface area contributed by atoms with Crippen LogP contribution in [0.15, 0.2) is 24.3 Å². The van der Waals surface area contributed by atoms with E-state index in [9.17, 15) is 9.59 Å². The minimum Gasteiger partial charge on any atom is -0.383 e. The fourth-order valence-corrected chi connectivity index (χ4v) is 1.26. The molecule has 1 aromatic carbocycles. The van der Waals surface area contributed by atoms with Crippen molar-refractivity contribution in [3.8, 4) is 0 Å². The standard InChI is InChI=1S/C12H16N2O3/c1-9(15)10-4-3-5-11(8-10)14-12(16)13-6-7-17-2/h3-5,8H,6-7H2,1-2H3,(H2,13,14,16). The number of carbonyl (C=O) groups is 2. The summed E-state index contributed by atoms with van der Waals surface area (Å²) in [5.74, 6) is -0.0339. The van der Waals surface area contributed by atoms with Crippen molar-refractivity contribution in [1.82, 2.24) is 5.32 Å². The number of rotatable bonds is 5. The average Bonchev–Trinajstić information content (AvgIpc) is 2.29. The van der Waals surface area contributed by atoms with E-state index in [4.69, 9.17) is 4.74 Å². The molecule has 0 aliphatic carbocycles. The summed E-state index contributed by atoms with van der Waals surface area (Å²) in [6.45, 7) is 2.38. The molecule has 0 aliphatic rings. The van der Waals surface area contributed by atoms with Gasteiger partial charge < -0.3 is 15.4 Å². The number of hydrogen-bond donors (Lipinski definition) is 2. The molecule has 5 nitrogen and oxygen atoms in total. The van der Waals surface area contributed by atoms with Crippen LogP contribution in [0.1, 0.15) is 17.3 Å². The number of urea groups is 1. The monoisotopic (exact) mass is 236 g/mol. The van der Waals surface area contributed by atoms with Gasteiger partial charge in [0.05, 0.1) is 6.61 Å². The summed E-state index contributed by atoms with van der Waals surface area (Å²) in [6.07, 6.45) is 0. The van der Waals surface area contributed by atoms with Gasteiger partial charge in [-0.3, -0.25) is 4.79 Å². The van der Waals surface area contributed by atoms with E-state index >= 15 is 0 Å². The third kappa shape index (κ3) is 4.65. The Labute approximate surface area is 100 Å². The van der Waals surface area contributed by atoms with Crippen molar-refractivity contribution in [2.75, 3.05) is 25.6 Å². The lowest BCUT2D eigenvalue weighted by atomic mass is 10.1. The van der Waals surface area contributed by atoms with Crippen molar-refractivity contribution < 1.29 is 14.3 Å². The van der Waals surface area contributed by atoms with Crippen LogP contribution in [0.2, 0.25) is 0 Å². The molecular formula is C12H16N2O3. The molecule has 0 saturated heterocycles. The first-order valence-electron chi connectivity index (χ1n) is 5.28. The van der Waals surface area contributed by atoms with Gasteiger partial charge in [0, 0.05) is 24.9 Å². The Hall–Kier alpha value is -1.88. The molecule has 0 bridgehead atoms. The topological polar surface area (TPSA) is 67.4 Å².